The number of imide groups is 1. The van der Waals surface area contributed by atoms with E-state index in [1.807, 2.05) is 18.7 Å². The van der Waals surface area contributed by atoms with Gasteiger partial charge in [0.15, 0.2) is 0 Å². The van der Waals surface area contributed by atoms with Crippen LogP contribution in [0.5, 0.6) is 0 Å². The summed E-state index contributed by atoms with van der Waals surface area (Å²) >= 11 is 0. The predicted octanol–water partition coefficient (Wildman–Crippen LogP) is -0.149. The summed E-state index contributed by atoms with van der Waals surface area (Å²) in [4.78, 5) is 25.4. The molecule has 0 aromatic rings. The highest BCUT2D eigenvalue weighted by Gasteiger charge is 2.46. The molecule has 2 fully saturated rings. The van der Waals surface area contributed by atoms with Crippen molar-refractivity contribution in [2.75, 3.05) is 13.1 Å². The lowest BCUT2D eigenvalue weighted by Gasteiger charge is -2.45. The molecule has 2 amide bonds. The number of carbonyl (C=O) groups is 2. The van der Waals surface area contributed by atoms with Crippen molar-refractivity contribution in [2.45, 2.75) is 44.7 Å². The molecule has 1 aliphatic heterocycles. The molecule has 5 nitrogen and oxygen atoms in total. The van der Waals surface area contributed by atoms with E-state index in [1.165, 1.54) is 0 Å². The van der Waals surface area contributed by atoms with E-state index in [2.05, 4.69) is 5.32 Å². The highest BCUT2D eigenvalue weighted by atomic mass is 16.2. The minimum atomic E-state index is -0.615. The van der Waals surface area contributed by atoms with Crippen molar-refractivity contribution < 1.29 is 9.59 Å². The zero-order valence-corrected chi connectivity index (χ0v) is 10.5. The van der Waals surface area contributed by atoms with Crippen LogP contribution >= 0.6 is 0 Å². The second-order valence-corrected chi connectivity index (χ2v) is 5.56. The first-order valence-corrected chi connectivity index (χ1v) is 6.28. The minimum absolute atomic E-state index is 0.197. The first kappa shape index (κ1) is 12.5. The maximum absolute atomic E-state index is 11.9. The topological polar surface area (TPSA) is 75.4 Å². The third kappa shape index (κ3) is 2.09. The molecule has 2 rings (SSSR count). The zero-order chi connectivity index (χ0) is 12.6. The third-order valence-electron chi connectivity index (χ3n) is 4.16. The van der Waals surface area contributed by atoms with Crippen molar-refractivity contribution in [1.82, 2.24) is 10.2 Å². The number of rotatable bonds is 2. The molecule has 1 aliphatic carbocycles. The first-order valence-electron chi connectivity index (χ1n) is 6.28. The number of hydrogen-bond donors (Lipinski definition) is 2. The van der Waals surface area contributed by atoms with Crippen molar-refractivity contribution in [1.29, 1.82) is 0 Å². The van der Waals surface area contributed by atoms with Crippen LogP contribution in [-0.4, -0.2) is 41.4 Å². The largest absolute Gasteiger partial charge is 0.330 e. The molecule has 3 N–H and O–H groups in total. The Morgan fingerprint density at radius 2 is 2.12 bits per heavy atom. The smallest absolute Gasteiger partial charge is 0.246 e. The maximum Gasteiger partial charge on any atom is 0.246 e. The van der Waals surface area contributed by atoms with Crippen molar-refractivity contribution in [3.8, 4) is 0 Å². The Balaban J connectivity index is 2.22. The van der Waals surface area contributed by atoms with Crippen molar-refractivity contribution >= 4 is 11.8 Å². The lowest BCUT2D eigenvalue weighted by atomic mass is 9.92. The summed E-state index contributed by atoms with van der Waals surface area (Å²) in [7, 11) is 0. The minimum Gasteiger partial charge on any atom is -0.330 e. The number of amides is 2. The van der Waals surface area contributed by atoms with Gasteiger partial charge >= 0.3 is 0 Å². The SMILES string of the molecule is CC1(C)C(=O)NC(=O)CN1C1CCCC1CN. The molecule has 0 bridgehead atoms. The number of nitrogens with zero attached hydrogens (tertiary/aromatic N) is 1. The molecular weight excluding hydrogens is 218 g/mol. The van der Waals surface area contributed by atoms with Crippen LogP contribution in [0.3, 0.4) is 0 Å². The van der Waals surface area contributed by atoms with E-state index in [1.54, 1.807) is 0 Å². The van der Waals surface area contributed by atoms with Crippen LogP contribution in [0.2, 0.25) is 0 Å². The van der Waals surface area contributed by atoms with Gasteiger partial charge in [-0.15, -0.1) is 0 Å². The molecule has 0 aromatic carbocycles. The van der Waals surface area contributed by atoms with Crippen LogP contribution in [0.1, 0.15) is 33.1 Å². The molecule has 0 radical (unpaired) electrons. The van der Waals surface area contributed by atoms with Crippen LogP contribution in [0.4, 0.5) is 0 Å². The monoisotopic (exact) mass is 239 g/mol. The summed E-state index contributed by atoms with van der Waals surface area (Å²) in [6, 6.07) is 0.269. The number of nitrogens with two attached hydrogens (primary N) is 1. The third-order valence-corrected chi connectivity index (χ3v) is 4.16. The van der Waals surface area contributed by atoms with E-state index in [0.29, 0.717) is 19.0 Å². The summed E-state index contributed by atoms with van der Waals surface area (Å²) in [6.45, 7) is 4.69. The van der Waals surface area contributed by atoms with Crippen LogP contribution < -0.4 is 11.1 Å². The van der Waals surface area contributed by atoms with Crippen molar-refractivity contribution in [3.05, 3.63) is 0 Å². The average Bonchev–Trinajstić information content (AvgIpc) is 2.71. The standard InChI is InChI=1S/C12H21N3O2/c1-12(2)11(17)14-10(16)7-15(12)9-5-3-4-8(9)6-13/h8-9H,3-7,13H2,1-2H3,(H,14,16,17). The van der Waals surface area contributed by atoms with E-state index in [9.17, 15) is 9.59 Å². The quantitative estimate of drug-likeness (QED) is 0.657. The van der Waals surface area contributed by atoms with Gasteiger partial charge in [0, 0.05) is 6.04 Å². The van der Waals surface area contributed by atoms with Crippen molar-refractivity contribution in [3.63, 3.8) is 0 Å². The molecule has 1 saturated carbocycles. The second kappa shape index (κ2) is 4.38. The van der Waals surface area contributed by atoms with E-state index < -0.39 is 5.54 Å². The van der Waals surface area contributed by atoms with Gasteiger partial charge in [0.2, 0.25) is 11.8 Å². The molecule has 1 saturated heterocycles. The van der Waals surface area contributed by atoms with Crippen molar-refractivity contribution in [2.24, 2.45) is 11.7 Å². The molecule has 17 heavy (non-hydrogen) atoms. The first-order chi connectivity index (χ1) is 7.96. The van der Waals surface area contributed by atoms with Gasteiger partial charge in [-0.25, -0.2) is 0 Å². The van der Waals surface area contributed by atoms with Crippen LogP contribution in [0.25, 0.3) is 0 Å². The van der Waals surface area contributed by atoms with Crippen LogP contribution in [0.15, 0.2) is 0 Å². The fourth-order valence-electron chi connectivity index (χ4n) is 3.04. The summed E-state index contributed by atoms with van der Waals surface area (Å²) < 4.78 is 0. The Bertz CT molecular complexity index is 341. The fourth-order valence-corrected chi connectivity index (χ4v) is 3.04. The number of nitrogens with one attached hydrogen (secondary N) is 1. The van der Waals surface area contributed by atoms with Gasteiger partial charge in [0.05, 0.1) is 12.1 Å². The van der Waals surface area contributed by atoms with Gasteiger partial charge < -0.3 is 5.73 Å². The normalized spacial score (nSPS) is 33.8. The zero-order valence-electron chi connectivity index (χ0n) is 10.5. The summed E-state index contributed by atoms with van der Waals surface area (Å²) in [5.41, 5.74) is 5.16. The Hall–Kier alpha value is -0.940. The summed E-state index contributed by atoms with van der Waals surface area (Å²) in [5, 5.41) is 2.41. The molecule has 2 aliphatic rings. The summed E-state index contributed by atoms with van der Waals surface area (Å²) in [5.74, 6) is 0.0152. The number of carbonyl (C=O) groups excluding carboxylic acids is 2. The molecule has 2 unspecified atom stereocenters. The molecule has 1 heterocycles. The van der Waals surface area contributed by atoms with Gasteiger partial charge in [0.1, 0.15) is 0 Å². The Morgan fingerprint density at radius 3 is 2.76 bits per heavy atom. The second-order valence-electron chi connectivity index (χ2n) is 5.56. The Morgan fingerprint density at radius 1 is 1.41 bits per heavy atom. The molecular formula is C12H21N3O2. The van der Waals surface area contributed by atoms with Gasteiger partial charge in [-0.05, 0) is 39.2 Å². The maximum atomic E-state index is 11.9. The number of hydrogen-bond acceptors (Lipinski definition) is 4. The van der Waals surface area contributed by atoms with Gasteiger partial charge in [-0.2, -0.15) is 0 Å². The summed E-state index contributed by atoms with van der Waals surface area (Å²) in [6.07, 6.45) is 3.27. The predicted molar refractivity (Wildman–Crippen MR) is 64.1 cm³/mol. The molecule has 2 atom stereocenters. The van der Waals surface area contributed by atoms with E-state index in [-0.39, 0.29) is 17.9 Å². The Labute approximate surface area is 102 Å². The lowest BCUT2D eigenvalue weighted by molar-refractivity contribution is -0.148. The fraction of sp³-hybridized carbons (Fsp3) is 0.833. The van der Waals surface area contributed by atoms with Gasteiger partial charge in [-0.1, -0.05) is 6.42 Å². The van der Waals surface area contributed by atoms with Gasteiger partial charge in [-0.3, -0.25) is 19.8 Å². The van der Waals surface area contributed by atoms with E-state index in [0.717, 1.165) is 19.3 Å². The number of piperazine rings is 1. The molecule has 5 heteroatoms. The molecule has 0 spiro atoms. The van der Waals surface area contributed by atoms with Crippen LogP contribution in [0, 0.1) is 5.92 Å². The average molecular weight is 239 g/mol. The highest BCUT2D eigenvalue weighted by molar-refractivity contribution is 6.03. The lowest BCUT2D eigenvalue weighted by Crippen LogP contribution is -2.67. The van der Waals surface area contributed by atoms with Crippen LogP contribution in [-0.2, 0) is 9.59 Å². The molecule has 96 valence electrons. The molecule has 0 aromatic heterocycles. The Kier molecular flexibility index (Phi) is 3.23. The van der Waals surface area contributed by atoms with E-state index >= 15 is 0 Å². The van der Waals surface area contributed by atoms with Gasteiger partial charge in [0.25, 0.3) is 0 Å². The van der Waals surface area contributed by atoms with E-state index in [4.69, 9.17) is 5.73 Å². The highest BCUT2D eigenvalue weighted by Crippen LogP contribution is 2.34.